The molecule has 224 valence electrons. The van der Waals surface area contributed by atoms with E-state index < -0.39 is 0 Å². The number of phenols is 2. The molecule has 0 aliphatic heterocycles. The van der Waals surface area contributed by atoms with Crippen molar-refractivity contribution in [1.29, 1.82) is 0 Å². The summed E-state index contributed by atoms with van der Waals surface area (Å²) in [6.45, 7) is 4.98. The van der Waals surface area contributed by atoms with Crippen molar-refractivity contribution in [2.24, 2.45) is 5.92 Å². The van der Waals surface area contributed by atoms with E-state index in [9.17, 15) is 10.2 Å². The summed E-state index contributed by atoms with van der Waals surface area (Å²) in [5, 5.41) is 21.4. The number of aromatic nitrogens is 3. The lowest BCUT2D eigenvalue weighted by molar-refractivity contribution is 0.210. The normalized spacial score (nSPS) is 11.8. The molecular formula is C33H47N3O5. The largest absolute Gasteiger partial charge is 0.507 e. The van der Waals surface area contributed by atoms with Gasteiger partial charge in [0.15, 0.2) is 11.6 Å². The molecule has 8 nitrogen and oxygen atoms in total. The highest BCUT2D eigenvalue weighted by atomic mass is 16.5. The Morgan fingerprint density at radius 1 is 0.634 bits per heavy atom. The average molecular weight is 566 g/mol. The predicted molar refractivity (Wildman–Crippen MR) is 163 cm³/mol. The molecule has 1 atom stereocenters. The van der Waals surface area contributed by atoms with Gasteiger partial charge >= 0.3 is 6.01 Å². The van der Waals surface area contributed by atoms with Crippen molar-refractivity contribution >= 4 is 0 Å². The van der Waals surface area contributed by atoms with Crippen molar-refractivity contribution in [2.45, 2.75) is 90.9 Å². The molecule has 1 unspecified atom stereocenters. The van der Waals surface area contributed by atoms with E-state index in [-0.39, 0.29) is 29.2 Å². The fraction of sp³-hybridized carbons (Fsp3) is 0.545. The van der Waals surface area contributed by atoms with E-state index >= 15 is 0 Å². The van der Waals surface area contributed by atoms with Gasteiger partial charge in [0.2, 0.25) is 0 Å². The lowest BCUT2D eigenvalue weighted by Crippen LogP contribution is -2.14. The Labute approximate surface area is 245 Å². The van der Waals surface area contributed by atoms with E-state index in [1.165, 1.54) is 90.6 Å². The molecule has 1 heterocycles. The van der Waals surface area contributed by atoms with Crippen LogP contribution in [-0.4, -0.2) is 46.0 Å². The number of phenolic OH excluding ortho intramolecular Hbond substituents is 2. The summed E-state index contributed by atoms with van der Waals surface area (Å²) in [5.74, 6) is 1.89. The maximum absolute atomic E-state index is 10.7. The van der Waals surface area contributed by atoms with Gasteiger partial charge in [-0.2, -0.15) is 9.97 Å². The van der Waals surface area contributed by atoms with Gasteiger partial charge in [-0.3, -0.25) is 0 Å². The number of nitrogens with zero attached hydrogens (tertiary/aromatic N) is 3. The first-order valence-electron chi connectivity index (χ1n) is 15.1. The van der Waals surface area contributed by atoms with Crippen molar-refractivity contribution in [3.05, 3.63) is 36.4 Å². The van der Waals surface area contributed by atoms with Crippen LogP contribution < -0.4 is 14.2 Å². The quantitative estimate of drug-likeness (QED) is 0.140. The van der Waals surface area contributed by atoms with Gasteiger partial charge in [0.25, 0.3) is 0 Å². The van der Waals surface area contributed by atoms with E-state index in [0.717, 1.165) is 12.8 Å². The molecule has 0 bridgehead atoms. The summed E-state index contributed by atoms with van der Waals surface area (Å²) < 4.78 is 16.7. The van der Waals surface area contributed by atoms with Crippen LogP contribution in [0, 0.1) is 5.92 Å². The van der Waals surface area contributed by atoms with Crippen LogP contribution in [0.2, 0.25) is 0 Å². The van der Waals surface area contributed by atoms with Crippen LogP contribution in [0.15, 0.2) is 36.4 Å². The number of hydrogen-bond donors (Lipinski definition) is 2. The summed E-state index contributed by atoms with van der Waals surface area (Å²) in [4.78, 5) is 13.7. The van der Waals surface area contributed by atoms with Crippen LogP contribution in [0.5, 0.6) is 29.0 Å². The summed E-state index contributed by atoms with van der Waals surface area (Å²) in [6, 6.07) is 10.0. The zero-order chi connectivity index (χ0) is 29.5. The summed E-state index contributed by atoms with van der Waals surface area (Å²) in [6.07, 6.45) is 14.7. The van der Waals surface area contributed by atoms with E-state index in [4.69, 9.17) is 14.2 Å². The van der Waals surface area contributed by atoms with Crippen molar-refractivity contribution in [3.63, 3.8) is 0 Å². The number of aromatic hydroxyl groups is 2. The van der Waals surface area contributed by atoms with Crippen LogP contribution in [0.4, 0.5) is 0 Å². The van der Waals surface area contributed by atoms with Gasteiger partial charge in [0.05, 0.1) is 32.0 Å². The molecule has 2 N–H and O–H groups in total. The van der Waals surface area contributed by atoms with Gasteiger partial charge in [-0.1, -0.05) is 78.1 Å². The number of hydrogen-bond acceptors (Lipinski definition) is 8. The maximum atomic E-state index is 10.7. The lowest BCUT2D eigenvalue weighted by Gasteiger charge is -2.18. The van der Waals surface area contributed by atoms with Gasteiger partial charge in [0.1, 0.15) is 23.0 Å². The monoisotopic (exact) mass is 565 g/mol. The van der Waals surface area contributed by atoms with Crippen LogP contribution in [0.1, 0.15) is 90.9 Å². The van der Waals surface area contributed by atoms with Crippen molar-refractivity contribution in [2.75, 3.05) is 20.8 Å². The molecule has 0 amide bonds. The van der Waals surface area contributed by atoms with Crippen molar-refractivity contribution < 1.29 is 24.4 Å². The van der Waals surface area contributed by atoms with Crippen LogP contribution in [-0.2, 0) is 0 Å². The molecule has 2 aromatic carbocycles. The molecule has 0 saturated carbocycles. The third-order valence-corrected chi connectivity index (χ3v) is 7.39. The van der Waals surface area contributed by atoms with Crippen LogP contribution in [0.3, 0.4) is 0 Å². The minimum atomic E-state index is -0.0247. The molecule has 0 aliphatic carbocycles. The molecular weight excluding hydrogens is 518 g/mol. The lowest BCUT2D eigenvalue weighted by atomic mass is 9.95. The fourth-order valence-electron chi connectivity index (χ4n) is 4.89. The summed E-state index contributed by atoms with van der Waals surface area (Å²) in [7, 11) is 3.08. The van der Waals surface area contributed by atoms with E-state index in [1.54, 1.807) is 24.3 Å². The number of ether oxygens (including phenoxy) is 3. The number of benzene rings is 2. The van der Waals surface area contributed by atoms with Gasteiger partial charge in [0, 0.05) is 12.1 Å². The average Bonchev–Trinajstić information content (AvgIpc) is 2.98. The first-order valence-corrected chi connectivity index (χ1v) is 15.1. The Balaban J connectivity index is 1.85. The zero-order valence-corrected chi connectivity index (χ0v) is 25.2. The second-order valence-corrected chi connectivity index (χ2v) is 10.6. The van der Waals surface area contributed by atoms with Crippen LogP contribution >= 0.6 is 0 Å². The molecule has 0 spiro atoms. The maximum Gasteiger partial charge on any atom is 0.320 e. The van der Waals surface area contributed by atoms with Gasteiger partial charge in [-0.25, -0.2) is 4.98 Å². The first kappa shape index (κ1) is 32.0. The predicted octanol–water partition coefficient (Wildman–Crippen LogP) is 8.35. The molecule has 0 saturated heterocycles. The topological polar surface area (TPSA) is 107 Å². The standard InChI is InChI=1S/C33H47N3O5/c1-5-7-9-11-12-14-16-24(15-13-10-8-6-2)23-41-33-35-31(27-19-17-25(39-3)21-29(27)37)34-32(36-33)28-20-18-26(40-4)22-30(28)38/h17-22,24,37-38H,5-16,23H2,1-4H3. The van der Waals surface area contributed by atoms with E-state index in [0.29, 0.717) is 35.2 Å². The molecule has 0 radical (unpaired) electrons. The van der Waals surface area contributed by atoms with Gasteiger partial charge in [-0.15, -0.1) is 0 Å². The Bertz CT molecular complexity index is 1130. The Morgan fingerprint density at radius 3 is 1.56 bits per heavy atom. The fourth-order valence-corrected chi connectivity index (χ4v) is 4.89. The summed E-state index contributed by atoms with van der Waals surface area (Å²) in [5.41, 5.74) is 0.825. The van der Waals surface area contributed by atoms with E-state index in [2.05, 4.69) is 28.8 Å². The molecule has 8 heteroatoms. The smallest absolute Gasteiger partial charge is 0.320 e. The minimum absolute atomic E-state index is 0.0247. The molecule has 41 heavy (non-hydrogen) atoms. The third kappa shape index (κ3) is 10.1. The minimum Gasteiger partial charge on any atom is -0.507 e. The molecule has 1 aromatic heterocycles. The Kier molecular flexibility index (Phi) is 13.5. The zero-order valence-electron chi connectivity index (χ0n) is 25.2. The second kappa shape index (κ2) is 17.3. The van der Waals surface area contributed by atoms with Crippen molar-refractivity contribution in [1.82, 2.24) is 15.0 Å². The molecule has 0 fully saturated rings. The molecule has 3 aromatic rings. The highest BCUT2D eigenvalue weighted by molar-refractivity contribution is 5.70. The number of methoxy groups -OCH3 is 2. The summed E-state index contributed by atoms with van der Waals surface area (Å²) >= 11 is 0. The molecule has 0 aliphatic rings. The second-order valence-electron chi connectivity index (χ2n) is 10.6. The van der Waals surface area contributed by atoms with E-state index in [1.807, 2.05) is 0 Å². The first-order chi connectivity index (χ1) is 20.0. The highest BCUT2D eigenvalue weighted by Crippen LogP contribution is 2.35. The highest BCUT2D eigenvalue weighted by Gasteiger charge is 2.18. The van der Waals surface area contributed by atoms with Gasteiger partial charge in [-0.05, 0) is 43.0 Å². The van der Waals surface area contributed by atoms with Crippen molar-refractivity contribution in [3.8, 4) is 51.8 Å². The Hall–Kier alpha value is -3.55. The SMILES string of the molecule is CCCCCCCCC(CCCCCC)COc1nc(-c2ccc(OC)cc2O)nc(-c2ccc(OC)cc2O)n1. The van der Waals surface area contributed by atoms with Gasteiger partial charge < -0.3 is 24.4 Å². The third-order valence-electron chi connectivity index (χ3n) is 7.39. The molecule has 3 rings (SSSR count). The number of rotatable bonds is 19. The Morgan fingerprint density at radius 2 is 1.10 bits per heavy atom. The van der Waals surface area contributed by atoms with Crippen LogP contribution in [0.25, 0.3) is 22.8 Å². The number of unbranched alkanes of at least 4 members (excludes halogenated alkanes) is 8.